The van der Waals surface area contributed by atoms with Crippen molar-refractivity contribution in [1.82, 2.24) is 9.97 Å². The number of carbonyl (C=O) groups excluding carboxylic acids is 1. The Labute approximate surface area is 112 Å². The molecule has 2 heterocycles. The average Bonchev–Trinajstić information content (AvgIpc) is 2.79. The van der Waals surface area contributed by atoms with Crippen LogP contribution in [-0.2, 0) is 17.1 Å². The standard InChI is InChI=1S/C11H9ClFN3OS/c12-4-8-6-18-11(15-8)3-10(17)16-9-2-1-7(13)5-14-9/h1-2,5-6H,3-4H2,(H,14,16,17). The monoisotopic (exact) mass is 285 g/mol. The van der Waals surface area contributed by atoms with Gasteiger partial charge in [0.15, 0.2) is 0 Å². The highest BCUT2D eigenvalue weighted by molar-refractivity contribution is 7.09. The van der Waals surface area contributed by atoms with Gasteiger partial charge in [0.1, 0.15) is 16.6 Å². The molecule has 2 aromatic rings. The molecule has 1 amide bonds. The maximum absolute atomic E-state index is 12.6. The lowest BCUT2D eigenvalue weighted by Crippen LogP contribution is -2.15. The van der Waals surface area contributed by atoms with E-state index < -0.39 is 5.82 Å². The van der Waals surface area contributed by atoms with Crippen LogP contribution in [0.2, 0.25) is 0 Å². The van der Waals surface area contributed by atoms with Gasteiger partial charge in [0.25, 0.3) is 0 Å². The Balaban J connectivity index is 1.94. The molecule has 0 aromatic carbocycles. The summed E-state index contributed by atoms with van der Waals surface area (Å²) in [4.78, 5) is 19.6. The number of anilines is 1. The number of hydrogen-bond donors (Lipinski definition) is 1. The first kappa shape index (κ1) is 12.9. The van der Waals surface area contributed by atoms with Gasteiger partial charge >= 0.3 is 0 Å². The van der Waals surface area contributed by atoms with Crippen LogP contribution in [0.4, 0.5) is 10.2 Å². The number of aromatic nitrogens is 2. The topological polar surface area (TPSA) is 54.9 Å². The molecule has 1 N–H and O–H groups in total. The zero-order chi connectivity index (χ0) is 13.0. The van der Waals surface area contributed by atoms with E-state index in [-0.39, 0.29) is 12.3 Å². The summed E-state index contributed by atoms with van der Waals surface area (Å²) in [6.07, 6.45) is 1.20. The summed E-state index contributed by atoms with van der Waals surface area (Å²) >= 11 is 7.00. The van der Waals surface area contributed by atoms with Crippen LogP contribution >= 0.6 is 22.9 Å². The lowest BCUT2D eigenvalue weighted by Gasteiger charge is -2.02. The molecule has 2 rings (SSSR count). The van der Waals surface area contributed by atoms with Gasteiger partial charge in [-0.25, -0.2) is 14.4 Å². The summed E-state index contributed by atoms with van der Waals surface area (Å²) in [6, 6.07) is 2.64. The fraction of sp³-hybridized carbons (Fsp3) is 0.182. The molecule has 0 atom stereocenters. The van der Waals surface area contributed by atoms with E-state index in [0.717, 1.165) is 11.9 Å². The molecule has 0 bridgehead atoms. The first-order chi connectivity index (χ1) is 8.67. The molecule has 7 heteroatoms. The third-order valence-electron chi connectivity index (χ3n) is 2.04. The zero-order valence-corrected chi connectivity index (χ0v) is 10.8. The van der Waals surface area contributed by atoms with Crippen LogP contribution in [-0.4, -0.2) is 15.9 Å². The molecule has 0 fully saturated rings. The maximum Gasteiger partial charge on any atom is 0.232 e. The Hall–Kier alpha value is -1.53. The Morgan fingerprint density at radius 1 is 1.50 bits per heavy atom. The molecule has 4 nitrogen and oxygen atoms in total. The molecule has 2 aromatic heterocycles. The number of halogens is 2. The van der Waals surface area contributed by atoms with Crippen LogP contribution < -0.4 is 5.32 Å². The second-order valence-corrected chi connectivity index (χ2v) is 4.66. The molecule has 0 spiro atoms. The zero-order valence-electron chi connectivity index (χ0n) is 9.19. The summed E-state index contributed by atoms with van der Waals surface area (Å²) in [6.45, 7) is 0. The van der Waals surface area contributed by atoms with Gasteiger partial charge in [-0.05, 0) is 12.1 Å². The fourth-order valence-electron chi connectivity index (χ4n) is 1.27. The highest BCUT2D eigenvalue weighted by Gasteiger charge is 2.08. The number of nitrogens with zero attached hydrogens (tertiary/aromatic N) is 2. The van der Waals surface area contributed by atoms with Crippen LogP contribution in [0.5, 0.6) is 0 Å². The van der Waals surface area contributed by atoms with Gasteiger partial charge in [-0.3, -0.25) is 4.79 Å². The van der Waals surface area contributed by atoms with Crippen molar-refractivity contribution in [3.63, 3.8) is 0 Å². The molecule has 0 saturated carbocycles. The minimum absolute atomic E-state index is 0.153. The van der Waals surface area contributed by atoms with Gasteiger partial charge in [0, 0.05) is 5.38 Å². The summed E-state index contributed by atoms with van der Waals surface area (Å²) in [5, 5.41) is 5.06. The third kappa shape index (κ3) is 3.48. The highest BCUT2D eigenvalue weighted by atomic mass is 35.5. The molecule has 0 unspecified atom stereocenters. The number of hydrogen-bond acceptors (Lipinski definition) is 4. The van der Waals surface area contributed by atoms with E-state index in [4.69, 9.17) is 11.6 Å². The van der Waals surface area contributed by atoms with Gasteiger partial charge in [0.05, 0.1) is 24.2 Å². The molecular formula is C11H9ClFN3OS. The molecule has 0 radical (unpaired) electrons. The van der Waals surface area contributed by atoms with E-state index >= 15 is 0 Å². The molecule has 0 saturated heterocycles. The van der Waals surface area contributed by atoms with E-state index in [1.54, 1.807) is 0 Å². The van der Waals surface area contributed by atoms with Crippen molar-refractivity contribution in [3.05, 3.63) is 40.2 Å². The van der Waals surface area contributed by atoms with Crippen LogP contribution in [0.25, 0.3) is 0 Å². The van der Waals surface area contributed by atoms with Crippen molar-refractivity contribution in [2.45, 2.75) is 12.3 Å². The maximum atomic E-state index is 12.6. The minimum Gasteiger partial charge on any atom is -0.310 e. The van der Waals surface area contributed by atoms with Gasteiger partial charge in [-0.2, -0.15) is 0 Å². The number of alkyl halides is 1. The van der Waals surface area contributed by atoms with Crippen molar-refractivity contribution in [1.29, 1.82) is 0 Å². The molecule has 94 valence electrons. The SMILES string of the molecule is O=C(Cc1nc(CCl)cs1)Nc1ccc(F)cn1. The normalized spacial score (nSPS) is 10.3. The summed E-state index contributed by atoms with van der Waals surface area (Å²) in [7, 11) is 0. The fourth-order valence-corrected chi connectivity index (χ4v) is 2.29. The van der Waals surface area contributed by atoms with Crippen LogP contribution in [0.1, 0.15) is 10.7 Å². The van der Waals surface area contributed by atoms with Crippen molar-refractivity contribution >= 4 is 34.7 Å². The Morgan fingerprint density at radius 2 is 2.33 bits per heavy atom. The first-order valence-corrected chi connectivity index (χ1v) is 6.49. The number of thiazole rings is 1. The van der Waals surface area contributed by atoms with Crippen molar-refractivity contribution in [2.75, 3.05) is 5.32 Å². The second-order valence-electron chi connectivity index (χ2n) is 3.45. The molecule has 18 heavy (non-hydrogen) atoms. The Bertz CT molecular complexity index is 543. The number of pyridine rings is 1. The van der Waals surface area contributed by atoms with E-state index in [9.17, 15) is 9.18 Å². The quantitative estimate of drug-likeness (QED) is 0.879. The van der Waals surface area contributed by atoms with Gasteiger partial charge in [-0.1, -0.05) is 0 Å². The molecule has 0 aliphatic carbocycles. The van der Waals surface area contributed by atoms with Crippen LogP contribution in [0.3, 0.4) is 0 Å². The predicted molar refractivity (Wildman–Crippen MR) is 68.2 cm³/mol. The van der Waals surface area contributed by atoms with E-state index in [1.165, 1.54) is 23.5 Å². The number of rotatable bonds is 4. The predicted octanol–water partition coefficient (Wildman–Crippen LogP) is 2.60. The lowest BCUT2D eigenvalue weighted by molar-refractivity contribution is -0.115. The second kappa shape index (κ2) is 5.88. The van der Waals surface area contributed by atoms with Gasteiger partial charge < -0.3 is 5.32 Å². The number of amides is 1. The van der Waals surface area contributed by atoms with E-state index in [2.05, 4.69) is 15.3 Å². The van der Waals surface area contributed by atoms with Crippen molar-refractivity contribution in [3.8, 4) is 0 Å². The Kier molecular flexibility index (Phi) is 4.22. The van der Waals surface area contributed by atoms with Gasteiger partial charge in [-0.15, -0.1) is 22.9 Å². The van der Waals surface area contributed by atoms with Crippen LogP contribution in [0.15, 0.2) is 23.7 Å². The first-order valence-electron chi connectivity index (χ1n) is 5.08. The minimum atomic E-state index is -0.445. The summed E-state index contributed by atoms with van der Waals surface area (Å²) in [5.74, 6) is -0.0442. The highest BCUT2D eigenvalue weighted by Crippen LogP contribution is 2.13. The van der Waals surface area contributed by atoms with Crippen molar-refractivity contribution < 1.29 is 9.18 Å². The van der Waals surface area contributed by atoms with Gasteiger partial charge in [0.2, 0.25) is 5.91 Å². The van der Waals surface area contributed by atoms with Crippen LogP contribution in [0, 0.1) is 5.82 Å². The summed E-state index contributed by atoms with van der Waals surface area (Å²) in [5.41, 5.74) is 0.754. The molecule has 0 aliphatic heterocycles. The molecule has 0 aliphatic rings. The van der Waals surface area contributed by atoms with Crippen molar-refractivity contribution in [2.24, 2.45) is 0 Å². The van der Waals surface area contributed by atoms with E-state index in [0.29, 0.717) is 16.7 Å². The lowest BCUT2D eigenvalue weighted by atomic mass is 10.4. The Morgan fingerprint density at radius 3 is 2.94 bits per heavy atom. The number of nitrogens with one attached hydrogen (secondary N) is 1. The average molecular weight is 286 g/mol. The largest absolute Gasteiger partial charge is 0.310 e. The summed E-state index contributed by atoms with van der Waals surface area (Å²) < 4.78 is 12.6. The van der Waals surface area contributed by atoms with E-state index in [1.807, 2.05) is 5.38 Å². The number of carbonyl (C=O) groups is 1. The third-order valence-corrected chi connectivity index (χ3v) is 3.21. The smallest absolute Gasteiger partial charge is 0.232 e. The molecular weight excluding hydrogens is 277 g/mol.